The second kappa shape index (κ2) is 9.24. The van der Waals surface area contributed by atoms with Gasteiger partial charge < -0.3 is 21.1 Å². The van der Waals surface area contributed by atoms with E-state index < -0.39 is 0 Å². The van der Waals surface area contributed by atoms with Crippen LogP contribution in [-0.4, -0.2) is 24.2 Å². The number of aliphatic imine (C=N–C) groups is 1. The van der Waals surface area contributed by atoms with Gasteiger partial charge >= 0.3 is 0 Å². The van der Waals surface area contributed by atoms with Gasteiger partial charge in [0.2, 0.25) is 0 Å². The summed E-state index contributed by atoms with van der Waals surface area (Å²) < 4.78 is 5.10. The van der Waals surface area contributed by atoms with Gasteiger partial charge in [-0.2, -0.15) is 0 Å². The summed E-state index contributed by atoms with van der Waals surface area (Å²) >= 11 is 1.29. The lowest BCUT2D eigenvalue weighted by molar-refractivity contribution is 0.0946. The van der Waals surface area contributed by atoms with Crippen molar-refractivity contribution in [3.8, 4) is 5.75 Å². The number of benzene rings is 1. The number of hydrogen-bond acceptors (Lipinski definition) is 7. The first-order valence-corrected chi connectivity index (χ1v) is 8.24. The maximum Gasteiger partial charge on any atom is 0.271 e. The zero-order valence-corrected chi connectivity index (χ0v) is 14.5. The van der Waals surface area contributed by atoms with Gasteiger partial charge in [0, 0.05) is 24.3 Å². The van der Waals surface area contributed by atoms with Crippen LogP contribution in [-0.2, 0) is 6.54 Å². The molecular formula is C17H19N5O2S. The summed E-state index contributed by atoms with van der Waals surface area (Å²) in [6.45, 7) is 3.87. The van der Waals surface area contributed by atoms with E-state index in [0.29, 0.717) is 23.2 Å². The number of methoxy groups -OCH3 is 1. The smallest absolute Gasteiger partial charge is 0.271 e. The van der Waals surface area contributed by atoms with Crippen molar-refractivity contribution in [2.24, 2.45) is 10.7 Å². The average Bonchev–Trinajstić information content (AvgIpc) is 3.09. The molecule has 0 saturated carbocycles. The molecule has 1 aromatic heterocycles. The lowest BCUT2D eigenvalue weighted by Crippen LogP contribution is -2.23. The standard InChI is InChI=1S/C17H19N5O2S/c1-3-19-9-8-15(18)22-17-21-14(11-25-17)16(23)20-10-12-4-6-13(24-2)7-5-12/h3-9,11H,1,10,18H2,2H3,(H,20,23)(H,21,22)/b15-8+,19-9-. The van der Waals surface area contributed by atoms with Gasteiger partial charge in [-0.15, -0.1) is 11.3 Å². The minimum Gasteiger partial charge on any atom is -0.497 e. The van der Waals surface area contributed by atoms with Crippen LogP contribution in [0.5, 0.6) is 5.75 Å². The number of nitrogens with zero attached hydrogens (tertiary/aromatic N) is 2. The lowest BCUT2D eigenvalue weighted by Gasteiger charge is -2.05. The van der Waals surface area contributed by atoms with Gasteiger partial charge in [0.25, 0.3) is 5.91 Å². The van der Waals surface area contributed by atoms with E-state index >= 15 is 0 Å². The molecule has 1 amide bonds. The van der Waals surface area contributed by atoms with Gasteiger partial charge in [-0.3, -0.25) is 9.79 Å². The minimum atomic E-state index is -0.254. The molecule has 0 radical (unpaired) electrons. The molecule has 130 valence electrons. The van der Waals surface area contributed by atoms with Crippen LogP contribution in [0.4, 0.5) is 5.13 Å². The van der Waals surface area contributed by atoms with Crippen LogP contribution in [0.3, 0.4) is 0 Å². The third-order valence-corrected chi connectivity index (χ3v) is 3.80. The quantitative estimate of drug-likeness (QED) is 0.630. The van der Waals surface area contributed by atoms with Crippen molar-refractivity contribution in [1.82, 2.24) is 10.3 Å². The van der Waals surface area contributed by atoms with E-state index in [-0.39, 0.29) is 5.91 Å². The summed E-state index contributed by atoms with van der Waals surface area (Å²) in [5.74, 6) is 0.884. The Labute approximate surface area is 149 Å². The van der Waals surface area contributed by atoms with Crippen LogP contribution < -0.4 is 21.1 Å². The van der Waals surface area contributed by atoms with E-state index in [1.54, 1.807) is 18.6 Å². The Kier molecular flexibility index (Phi) is 6.73. The monoisotopic (exact) mass is 357 g/mol. The highest BCUT2D eigenvalue weighted by atomic mass is 32.1. The number of hydrogen-bond donors (Lipinski definition) is 3. The predicted molar refractivity (Wildman–Crippen MR) is 101 cm³/mol. The number of amides is 1. The number of rotatable bonds is 8. The maximum absolute atomic E-state index is 12.2. The highest BCUT2D eigenvalue weighted by molar-refractivity contribution is 7.13. The zero-order chi connectivity index (χ0) is 18.1. The van der Waals surface area contributed by atoms with E-state index in [1.165, 1.54) is 23.8 Å². The van der Waals surface area contributed by atoms with Crippen molar-refractivity contribution in [3.05, 3.63) is 65.6 Å². The van der Waals surface area contributed by atoms with E-state index in [0.717, 1.165) is 11.3 Å². The first-order valence-electron chi connectivity index (χ1n) is 7.36. The van der Waals surface area contributed by atoms with E-state index in [1.807, 2.05) is 24.3 Å². The number of ether oxygens (including phenoxy) is 1. The first kappa shape index (κ1) is 18.2. The van der Waals surface area contributed by atoms with Gasteiger partial charge in [-0.05, 0) is 23.8 Å². The third-order valence-electron chi connectivity index (χ3n) is 3.05. The highest BCUT2D eigenvalue weighted by Gasteiger charge is 2.10. The van der Waals surface area contributed by atoms with Gasteiger partial charge in [-0.1, -0.05) is 18.7 Å². The average molecular weight is 357 g/mol. The fourth-order valence-corrected chi connectivity index (χ4v) is 2.51. The van der Waals surface area contributed by atoms with E-state index in [9.17, 15) is 4.79 Å². The highest BCUT2D eigenvalue weighted by Crippen LogP contribution is 2.16. The van der Waals surface area contributed by atoms with Gasteiger partial charge in [0.1, 0.15) is 17.3 Å². The Balaban J connectivity index is 1.89. The van der Waals surface area contributed by atoms with Crippen LogP contribution in [0.2, 0.25) is 0 Å². The molecule has 1 heterocycles. The number of allylic oxidation sites excluding steroid dienone is 1. The van der Waals surface area contributed by atoms with Crippen molar-refractivity contribution >= 4 is 28.6 Å². The summed E-state index contributed by atoms with van der Waals surface area (Å²) in [7, 11) is 1.61. The Morgan fingerprint density at radius 2 is 2.20 bits per heavy atom. The van der Waals surface area contributed by atoms with Crippen molar-refractivity contribution < 1.29 is 9.53 Å². The van der Waals surface area contributed by atoms with Crippen molar-refractivity contribution in [1.29, 1.82) is 0 Å². The molecule has 0 fully saturated rings. The fraction of sp³-hybridized carbons (Fsp3) is 0.118. The number of anilines is 1. The molecule has 7 nitrogen and oxygen atoms in total. The Bertz CT molecular complexity index is 781. The molecule has 1 aromatic carbocycles. The molecule has 0 aliphatic rings. The number of nitrogens with one attached hydrogen (secondary N) is 2. The predicted octanol–water partition coefficient (Wildman–Crippen LogP) is 2.51. The summed E-state index contributed by atoms with van der Waals surface area (Å²) in [5.41, 5.74) is 7.07. The number of carbonyl (C=O) groups is 1. The largest absolute Gasteiger partial charge is 0.497 e. The van der Waals surface area contributed by atoms with Gasteiger partial charge in [0.15, 0.2) is 5.13 Å². The Morgan fingerprint density at radius 1 is 1.44 bits per heavy atom. The molecule has 0 bridgehead atoms. The van der Waals surface area contributed by atoms with Gasteiger partial charge in [0.05, 0.1) is 7.11 Å². The van der Waals surface area contributed by atoms with E-state index in [4.69, 9.17) is 10.5 Å². The third kappa shape index (κ3) is 5.78. The Morgan fingerprint density at radius 3 is 2.88 bits per heavy atom. The van der Waals surface area contributed by atoms with Crippen molar-refractivity contribution in [3.63, 3.8) is 0 Å². The molecule has 0 unspecified atom stereocenters. The van der Waals surface area contributed by atoms with Gasteiger partial charge in [-0.25, -0.2) is 4.98 Å². The maximum atomic E-state index is 12.2. The fourth-order valence-electron chi connectivity index (χ4n) is 1.80. The molecule has 2 rings (SSSR count). The molecule has 8 heteroatoms. The number of thiazole rings is 1. The summed E-state index contributed by atoms with van der Waals surface area (Å²) in [4.78, 5) is 20.2. The summed E-state index contributed by atoms with van der Waals surface area (Å²) in [6, 6.07) is 7.47. The SMILES string of the molecule is C=C/N=C\C=C(/N)Nc1nc(C(=O)NCc2ccc(OC)cc2)cs1. The van der Waals surface area contributed by atoms with Crippen LogP contribution in [0, 0.1) is 0 Å². The number of aromatic nitrogens is 1. The molecule has 0 saturated heterocycles. The van der Waals surface area contributed by atoms with Crippen LogP contribution >= 0.6 is 11.3 Å². The topological polar surface area (TPSA) is 102 Å². The molecule has 0 spiro atoms. The van der Waals surface area contributed by atoms with Crippen molar-refractivity contribution in [2.75, 3.05) is 12.4 Å². The lowest BCUT2D eigenvalue weighted by atomic mass is 10.2. The van der Waals surface area contributed by atoms with Crippen LogP contribution in [0.1, 0.15) is 16.1 Å². The van der Waals surface area contributed by atoms with Crippen LogP contribution in [0.15, 0.2) is 59.3 Å². The first-order chi connectivity index (χ1) is 12.1. The Hall–Kier alpha value is -3.13. The van der Waals surface area contributed by atoms with E-state index in [2.05, 4.69) is 27.2 Å². The molecule has 0 aliphatic heterocycles. The number of nitrogens with two attached hydrogens (primary N) is 1. The zero-order valence-electron chi connectivity index (χ0n) is 13.7. The minimum absolute atomic E-state index is 0.254. The molecule has 0 atom stereocenters. The second-order valence-corrected chi connectivity index (χ2v) is 5.65. The molecule has 2 aromatic rings. The van der Waals surface area contributed by atoms with Crippen molar-refractivity contribution in [2.45, 2.75) is 6.54 Å². The van der Waals surface area contributed by atoms with Crippen LogP contribution in [0.25, 0.3) is 0 Å². The number of carbonyl (C=O) groups excluding carboxylic acids is 1. The molecule has 4 N–H and O–H groups in total. The molecule has 0 aliphatic carbocycles. The summed E-state index contributed by atoms with van der Waals surface area (Å²) in [5, 5.41) is 7.90. The molecular weight excluding hydrogens is 338 g/mol. The molecule has 25 heavy (non-hydrogen) atoms. The summed E-state index contributed by atoms with van der Waals surface area (Å²) in [6.07, 6.45) is 4.48. The normalized spacial score (nSPS) is 11.3. The second-order valence-electron chi connectivity index (χ2n) is 4.80.